The van der Waals surface area contributed by atoms with Gasteiger partial charge < -0.3 is 10.2 Å². The van der Waals surface area contributed by atoms with Crippen molar-refractivity contribution >= 4 is 34.8 Å². The molecule has 23 heavy (non-hydrogen) atoms. The quantitative estimate of drug-likeness (QED) is 0.880. The molecule has 1 aliphatic heterocycles. The molecule has 0 bridgehead atoms. The van der Waals surface area contributed by atoms with E-state index in [9.17, 15) is 4.79 Å². The molecule has 2 aromatic rings. The Balaban J connectivity index is 1.72. The summed E-state index contributed by atoms with van der Waals surface area (Å²) in [5, 5.41) is 3.83. The van der Waals surface area contributed by atoms with E-state index in [4.69, 9.17) is 23.2 Å². The average molecular weight is 349 g/mol. The highest BCUT2D eigenvalue weighted by Gasteiger charge is 2.16. The lowest BCUT2D eigenvalue weighted by Gasteiger charge is -2.21. The molecule has 1 saturated heterocycles. The second-order valence-corrected chi connectivity index (χ2v) is 6.47. The maximum absolute atomic E-state index is 12.3. The van der Waals surface area contributed by atoms with Crippen molar-refractivity contribution in [2.24, 2.45) is 0 Å². The highest BCUT2D eigenvalue weighted by Crippen LogP contribution is 2.25. The van der Waals surface area contributed by atoms with Crippen LogP contribution in [0.3, 0.4) is 0 Å². The minimum Gasteiger partial charge on any atom is -0.371 e. The zero-order valence-electron chi connectivity index (χ0n) is 12.7. The van der Waals surface area contributed by atoms with Crippen LogP contribution in [0.25, 0.3) is 0 Å². The Morgan fingerprint density at radius 2 is 1.83 bits per heavy atom. The molecule has 120 valence electrons. The maximum atomic E-state index is 12.3. The van der Waals surface area contributed by atoms with Gasteiger partial charge in [0.25, 0.3) is 5.91 Å². The minimum absolute atomic E-state index is 0.192. The molecular formula is C18H18Cl2N2O. The number of anilines is 1. The summed E-state index contributed by atoms with van der Waals surface area (Å²) in [5.41, 5.74) is 2.76. The zero-order valence-corrected chi connectivity index (χ0v) is 14.2. The number of benzene rings is 2. The fourth-order valence-electron chi connectivity index (χ4n) is 2.87. The zero-order chi connectivity index (χ0) is 16.2. The molecule has 1 heterocycles. The van der Waals surface area contributed by atoms with Gasteiger partial charge in [0.1, 0.15) is 0 Å². The number of hydrogen-bond donors (Lipinski definition) is 1. The van der Waals surface area contributed by atoms with Crippen molar-refractivity contribution in [3.63, 3.8) is 0 Å². The molecule has 0 spiro atoms. The predicted molar refractivity (Wildman–Crippen MR) is 95.5 cm³/mol. The molecule has 1 fully saturated rings. The Bertz CT molecular complexity index is 712. The molecule has 5 heteroatoms. The Labute approximate surface area is 146 Å². The number of nitrogens with one attached hydrogen (secondary N) is 1. The molecule has 0 radical (unpaired) electrons. The average Bonchev–Trinajstić information content (AvgIpc) is 3.07. The molecule has 0 unspecified atom stereocenters. The van der Waals surface area contributed by atoms with E-state index in [2.05, 4.69) is 22.3 Å². The Kier molecular flexibility index (Phi) is 5.09. The molecule has 2 aromatic carbocycles. The number of carbonyl (C=O) groups is 1. The first-order valence-electron chi connectivity index (χ1n) is 7.71. The molecule has 0 atom stereocenters. The Hall–Kier alpha value is -1.71. The molecule has 0 aromatic heterocycles. The van der Waals surface area contributed by atoms with Gasteiger partial charge in [-0.1, -0.05) is 41.4 Å². The fourth-order valence-corrected chi connectivity index (χ4v) is 3.37. The van der Waals surface area contributed by atoms with Crippen LogP contribution in [0, 0.1) is 0 Å². The summed E-state index contributed by atoms with van der Waals surface area (Å²) in [7, 11) is 0. The largest absolute Gasteiger partial charge is 0.371 e. The van der Waals surface area contributed by atoms with Crippen molar-refractivity contribution in [3.05, 3.63) is 63.6 Å². The summed E-state index contributed by atoms with van der Waals surface area (Å²) in [6, 6.07) is 13.1. The number of halogens is 2. The lowest BCUT2D eigenvalue weighted by molar-refractivity contribution is 0.0951. The van der Waals surface area contributed by atoms with Gasteiger partial charge in [-0.15, -0.1) is 0 Å². The van der Waals surface area contributed by atoms with Crippen LogP contribution in [0.1, 0.15) is 28.8 Å². The summed E-state index contributed by atoms with van der Waals surface area (Å²) in [6.07, 6.45) is 2.45. The number of rotatable bonds is 4. The summed E-state index contributed by atoms with van der Waals surface area (Å²) in [4.78, 5) is 14.7. The van der Waals surface area contributed by atoms with Crippen molar-refractivity contribution in [2.45, 2.75) is 19.4 Å². The molecule has 1 N–H and O–H groups in total. The van der Waals surface area contributed by atoms with Gasteiger partial charge in [-0.25, -0.2) is 0 Å². The second-order valence-electron chi connectivity index (χ2n) is 5.63. The summed E-state index contributed by atoms with van der Waals surface area (Å²) >= 11 is 12.0. The van der Waals surface area contributed by atoms with Crippen molar-refractivity contribution in [2.75, 3.05) is 18.0 Å². The highest BCUT2D eigenvalue weighted by atomic mass is 35.5. The van der Waals surface area contributed by atoms with Crippen LogP contribution in [-0.2, 0) is 6.54 Å². The predicted octanol–water partition coefficient (Wildman–Crippen LogP) is 4.52. The van der Waals surface area contributed by atoms with E-state index in [-0.39, 0.29) is 5.91 Å². The summed E-state index contributed by atoms with van der Waals surface area (Å²) in [6.45, 7) is 2.63. The topological polar surface area (TPSA) is 32.3 Å². The standard InChI is InChI=1S/C18H18Cl2N2O/c19-14-7-8-15(16(20)11-14)18(23)21-12-13-5-1-2-6-17(13)22-9-3-4-10-22/h1-2,5-8,11H,3-4,9-10,12H2,(H,21,23). The third kappa shape index (κ3) is 3.80. The van der Waals surface area contributed by atoms with E-state index in [1.807, 2.05) is 12.1 Å². The Morgan fingerprint density at radius 1 is 1.09 bits per heavy atom. The van der Waals surface area contributed by atoms with Gasteiger partial charge in [0.2, 0.25) is 0 Å². The number of nitrogens with zero attached hydrogens (tertiary/aromatic N) is 1. The fraction of sp³-hybridized carbons (Fsp3) is 0.278. The lowest BCUT2D eigenvalue weighted by atomic mass is 10.1. The molecular weight excluding hydrogens is 331 g/mol. The summed E-state index contributed by atoms with van der Waals surface area (Å²) < 4.78 is 0. The van der Waals surface area contributed by atoms with Crippen LogP contribution < -0.4 is 10.2 Å². The normalized spacial score (nSPS) is 14.1. The van der Waals surface area contributed by atoms with E-state index >= 15 is 0 Å². The molecule has 3 nitrogen and oxygen atoms in total. The Morgan fingerprint density at radius 3 is 2.57 bits per heavy atom. The van der Waals surface area contributed by atoms with Gasteiger partial charge in [0.15, 0.2) is 0 Å². The smallest absolute Gasteiger partial charge is 0.253 e. The first-order chi connectivity index (χ1) is 11.1. The number of hydrogen-bond acceptors (Lipinski definition) is 2. The molecule has 0 saturated carbocycles. The first-order valence-corrected chi connectivity index (χ1v) is 8.47. The number of para-hydroxylation sites is 1. The summed E-state index contributed by atoms with van der Waals surface area (Å²) in [5.74, 6) is -0.192. The lowest BCUT2D eigenvalue weighted by Crippen LogP contribution is -2.25. The van der Waals surface area contributed by atoms with Crippen LogP contribution >= 0.6 is 23.2 Å². The van der Waals surface area contributed by atoms with Crippen LogP contribution in [0.15, 0.2) is 42.5 Å². The van der Waals surface area contributed by atoms with Gasteiger partial charge >= 0.3 is 0 Å². The van der Waals surface area contributed by atoms with Crippen molar-refractivity contribution in [3.8, 4) is 0 Å². The molecule has 1 amide bonds. The van der Waals surface area contributed by atoms with E-state index < -0.39 is 0 Å². The van der Waals surface area contributed by atoms with Gasteiger partial charge in [-0.3, -0.25) is 4.79 Å². The van der Waals surface area contributed by atoms with Crippen LogP contribution in [-0.4, -0.2) is 19.0 Å². The van der Waals surface area contributed by atoms with E-state index in [0.29, 0.717) is 22.2 Å². The monoisotopic (exact) mass is 348 g/mol. The third-order valence-electron chi connectivity index (χ3n) is 4.05. The molecule has 0 aliphatic carbocycles. The number of carbonyl (C=O) groups excluding carboxylic acids is 1. The van der Waals surface area contributed by atoms with Gasteiger partial charge in [-0.05, 0) is 42.7 Å². The number of amides is 1. The van der Waals surface area contributed by atoms with Crippen LogP contribution in [0.2, 0.25) is 10.0 Å². The third-order valence-corrected chi connectivity index (χ3v) is 4.60. The molecule has 1 aliphatic rings. The van der Waals surface area contributed by atoms with E-state index in [1.54, 1.807) is 18.2 Å². The molecule has 3 rings (SSSR count). The van der Waals surface area contributed by atoms with Gasteiger partial charge in [0.05, 0.1) is 10.6 Å². The van der Waals surface area contributed by atoms with Crippen LogP contribution in [0.5, 0.6) is 0 Å². The van der Waals surface area contributed by atoms with E-state index in [1.165, 1.54) is 18.5 Å². The van der Waals surface area contributed by atoms with Crippen molar-refractivity contribution in [1.82, 2.24) is 5.32 Å². The SMILES string of the molecule is O=C(NCc1ccccc1N1CCCC1)c1ccc(Cl)cc1Cl. The van der Waals surface area contributed by atoms with Crippen molar-refractivity contribution in [1.29, 1.82) is 0 Å². The maximum Gasteiger partial charge on any atom is 0.253 e. The van der Waals surface area contributed by atoms with Crippen molar-refractivity contribution < 1.29 is 4.79 Å². The highest BCUT2D eigenvalue weighted by molar-refractivity contribution is 6.36. The second kappa shape index (κ2) is 7.24. The van der Waals surface area contributed by atoms with Gasteiger partial charge in [0, 0.05) is 30.3 Å². The minimum atomic E-state index is -0.192. The first kappa shape index (κ1) is 16.2. The van der Waals surface area contributed by atoms with E-state index in [0.717, 1.165) is 18.7 Å². The van der Waals surface area contributed by atoms with Crippen LogP contribution in [0.4, 0.5) is 5.69 Å². The van der Waals surface area contributed by atoms with Gasteiger partial charge in [-0.2, -0.15) is 0 Å².